The van der Waals surface area contributed by atoms with E-state index in [9.17, 15) is 24.3 Å². The highest BCUT2D eigenvalue weighted by molar-refractivity contribution is 5.93. The summed E-state index contributed by atoms with van der Waals surface area (Å²) in [6.07, 6.45) is 0.226. The van der Waals surface area contributed by atoms with E-state index >= 15 is 0 Å². The molecular formula is C24H45N3O7. The normalized spacial score (nSPS) is 13.0. The molecule has 0 rings (SSSR count). The van der Waals surface area contributed by atoms with Gasteiger partial charge < -0.3 is 25.2 Å². The minimum absolute atomic E-state index is 0.0404. The monoisotopic (exact) mass is 487 g/mol. The molecule has 10 nitrogen and oxygen atoms in total. The molecule has 0 aliphatic heterocycles. The maximum atomic E-state index is 13.1. The van der Waals surface area contributed by atoms with Crippen LogP contribution in [0.4, 0.5) is 0 Å². The van der Waals surface area contributed by atoms with E-state index in [1.54, 1.807) is 55.4 Å². The fraction of sp³-hybridized carbons (Fsp3) is 0.833. The summed E-state index contributed by atoms with van der Waals surface area (Å²) in [5.74, 6) is -1.38. The zero-order valence-corrected chi connectivity index (χ0v) is 22.3. The third kappa shape index (κ3) is 11.0. The second-order valence-electron chi connectivity index (χ2n) is 10.9. The summed E-state index contributed by atoms with van der Waals surface area (Å²) < 4.78 is 10.9. The van der Waals surface area contributed by atoms with Gasteiger partial charge in [-0.3, -0.25) is 24.5 Å². The molecule has 0 saturated carbocycles. The lowest BCUT2D eigenvalue weighted by molar-refractivity contribution is -0.150. The molecule has 198 valence electrons. The van der Waals surface area contributed by atoms with Crippen molar-refractivity contribution >= 4 is 23.4 Å². The van der Waals surface area contributed by atoms with Gasteiger partial charge in [-0.15, -0.1) is 0 Å². The summed E-state index contributed by atoms with van der Waals surface area (Å²) in [5, 5.41) is 17.9. The van der Waals surface area contributed by atoms with Crippen LogP contribution in [0.5, 0.6) is 0 Å². The molecule has 0 unspecified atom stereocenters. The maximum absolute atomic E-state index is 13.1. The molecule has 0 heterocycles. The van der Waals surface area contributed by atoms with Gasteiger partial charge >= 0.3 is 5.97 Å². The summed E-state index contributed by atoms with van der Waals surface area (Å²) in [6, 6.07) is 0. The van der Waals surface area contributed by atoms with Gasteiger partial charge in [-0.1, -0.05) is 13.8 Å². The molecule has 0 aliphatic rings. The second kappa shape index (κ2) is 13.3. The molecule has 1 amide bonds. The van der Waals surface area contributed by atoms with E-state index in [2.05, 4.69) is 16.0 Å². The van der Waals surface area contributed by atoms with Crippen LogP contribution in [0, 0.1) is 10.8 Å². The number of carbonyl (C=O) groups excluding carboxylic acids is 3. The molecule has 0 aliphatic carbocycles. The first-order valence-electron chi connectivity index (χ1n) is 11.6. The van der Waals surface area contributed by atoms with Crippen LogP contribution in [0.25, 0.3) is 0 Å². The average molecular weight is 488 g/mol. The smallest absolute Gasteiger partial charge is 0.309 e. The Balaban J connectivity index is 4.29. The number of ether oxygens (including phenoxy) is 2. The first-order valence-corrected chi connectivity index (χ1v) is 11.6. The molecule has 0 aromatic heterocycles. The number of hydrogen-bond acceptors (Lipinski definition) is 8. The fourth-order valence-electron chi connectivity index (χ4n) is 3.68. The molecule has 0 fully saturated rings. The molecule has 0 bridgehead atoms. The Labute approximate surface area is 203 Å². The van der Waals surface area contributed by atoms with Gasteiger partial charge in [0, 0.05) is 19.0 Å². The third-order valence-electron chi connectivity index (χ3n) is 5.73. The van der Waals surface area contributed by atoms with Gasteiger partial charge in [0.15, 0.2) is 11.6 Å². The van der Waals surface area contributed by atoms with Crippen molar-refractivity contribution in [2.24, 2.45) is 10.8 Å². The van der Waals surface area contributed by atoms with E-state index in [0.29, 0.717) is 13.2 Å². The van der Waals surface area contributed by atoms with Crippen LogP contribution in [-0.4, -0.2) is 86.2 Å². The van der Waals surface area contributed by atoms with Gasteiger partial charge in [-0.25, -0.2) is 0 Å². The van der Waals surface area contributed by atoms with Gasteiger partial charge in [0.05, 0.1) is 42.9 Å². The fourth-order valence-corrected chi connectivity index (χ4v) is 3.68. The van der Waals surface area contributed by atoms with Crippen molar-refractivity contribution in [3.05, 3.63) is 0 Å². The first-order chi connectivity index (χ1) is 15.4. The van der Waals surface area contributed by atoms with Gasteiger partial charge in [0.2, 0.25) is 5.91 Å². The molecule has 0 aromatic rings. The lowest BCUT2D eigenvalue weighted by atomic mass is 9.69. The van der Waals surface area contributed by atoms with Crippen LogP contribution in [0.15, 0.2) is 0 Å². The standard InChI is InChI=1S/C24H45N3O7/c1-21(2,16-22(3,4)20(31)32)19(30)24(7,8)26-10-11-33-12-13-34-15-17(28)23(5,6)27-14-18(29)25-9/h26-27H,10-16H2,1-9H3,(H,25,29)(H,31,32). The van der Waals surface area contributed by atoms with E-state index in [1.807, 2.05) is 0 Å². The number of nitrogens with one attached hydrogen (secondary N) is 3. The summed E-state index contributed by atoms with van der Waals surface area (Å²) >= 11 is 0. The van der Waals surface area contributed by atoms with Crippen LogP contribution >= 0.6 is 0 Å². The Kier molecular flexibility index (Phi) is 12.5. The molecule has 0 aromatic carbocycles. The molecular weight excluding hydrogens is 442 g/mol. The minimum Gasteiger partial charge on any atom is -0.481 e. The van der Waals surface area contributed by atoms with Crippen LogP contribution in [0.2, 0.25) is 0 Å². The lowest BCUT2D eigenvalue weighted by Crippen LogP contribution is -2.54. The Bertz CT molecular complexity index is 715. The number of carboxylic acid groups (broad SMARTS) is 1. The maximum Gasteiger partial charge on any atom is 0.309 e. The van der Waals surface area contributed by atoms with E-state index in [4.69, 9.17) is 9.47 Å². The van der Waals surface area contributed by atoms with Crippen LogP contribution in [0.3, 0.4) is 0 Å². The molecule has 10 heteroatoms. The van der Waals surface area contributed by atoms with E-state index in [0.717, 1.165) is 0 Å². The van der Waals surface area contributed by atoms with Gasteiger partial charge in [0.25, 0.3) is 0 Å². The molecule has 4 N–H and O–H groups in total. The largest absolute Gasteiger partial charge is 0.481 e. The quantitative estimate of drug-likeness (QED) is 0.209. The highest BCUT2D eigenvalue weighted by Crippen LogP contribution is 2.37. The predicted molar refractivity (Wildman–Crippen MR) is 130 cm³/mol. The highest BCUT2D eigenvalue weighted by atomic mass is 16.5. The number of carbonyl (C=O) groups is 4. The first kappa shape index (κ1) is 32.1. The summed E-state index contributed by atoms with van der Waals surface area (Å²) in [7, 11) is 1.53. The van der Waals surface area contributed by atoms with E-state index in [1.165, 1.54) is 7.05 Å². The number of Topliss-reactive ketones (excluding diaryl/α,β-unsaturated/α-hetero) is 2. The van der Waals surface area contributed by atoms with Crippen molar-refractivity contribution in [1.82, 2.24) is 16.0 Å². The molecule has 0 atom stereocenters. The average Bonchev–Trinajstić information content (AvgIpc) is 2.72. The number of aliphatic carboxylic acids is 1. The van der Waals surface area contributed by atoms with Crippen molar-refractivity contribution < 1.29 is 33.8 Å². The lowest BCUT2D eigenvalue weighted by Gasteiger charge is -2.37. The van der Waals surface area contributed by atoms with E-state index < -0.39 is 27.9 Å². The Morgan fingerprint density at radius 2 is 1.32 bits per heavy atom. The van der Waals surface area contributed by atoms with Crippen molar-refractivity contribution in [2.45, 2.75) is 72.9 Å². The number of rotatable bonds is 18. The van der Waals surface area contributed by atoms with Gasteiger partial charge in [0.1, 0.15) is 6.61 Å². The van der Waals surface area contributed by atoms with Crippen molar-refractivity contribution in [3.63, 3.8) is 0 Å². The van der Waals surface area contributed by atoms with Crippen LogP contribution < -0.4 is 16.0 Å². The molecule has 34 heavy (non-hydrogen) atoms. The van der Waals surface area contributed by atoms with E-state index in [-0.39, 0.29) is 50.3 Å². The Hall–Kier alpha value is -1.88. The SMILES string of the molecule is CNC(=O)CNC(C)(C)C(=O)COCCOCCNC(C)(C)C(=O)C(C)(C)CC(C)(C)C(=O)O. The summed E-state index contributed by atoms with van der Waals surface area (Å²) in [5.41, 5.74) is -3.56. The molecule has 0 saturated heterocycles. The summed E-state index contributed by atoms with van der Waals surface area (Å²) in [6.45, 7) is 14.9. The molecule has 0 radical (unpaired) electrons. The number of amides is 1. The van der Waals surface area contributed by atoms with Crippen LogP contribution in [0.1, 0.15) is 61.8 Å². The summed E-state index contributed by atoms with van der Waals surface area (Å²) in [4.78, 5) is 48.1. The van der Waals surface area contributed by atoms with Gasteiger partial charge in [-0.05, 0) is 48.0 Å². The number of carboxylic acids is 1. The topological polar surface area (TPSA) is 143 Å². The molecule has 0 spiro atoms. The third-order valence-corrected chi connectivity index (χ3v) is 5.73. The van der Waals surface area contributed by atoms with Crippen LogP contribution in [-0.2, 0) is 28.7 Å². The van der Waals surface area contributed by atoms with Crippen molar-refractivity contribution in [2.75, 3.05) is 46.6 Å². The number of ketones is 2. The predicted octanol–water partition coefficient (Wildman–Crippen LogP) is 1.17. The second-order valence-corrected chi connectivity index (χ2v) is 10.9. The highest BCUT2D eigenvalue weighted by Gasteiger charge is 2.44. The van der Waals surface area contributed by atoms with Crippen molar-refractivity contribution in [1.29, 1.82) is 0 Å². The number of hydrogen-bond donors (Lipinski definition) is 4. The van der Waals surface area contributed by atoms with Crippen molar-refractivity contribution in [3.8, 4) is 0 Å². The minimum atomic E-state index is -1.00. The zero-order chi connectivity index (χ0) is 26.8. The number of likely N-dealkylation sites (N-methyl/N-ethyl adjacent to an activating group) is 1. The Morgan fingerprint density at radius 3 is 1.85 bits per heavy atom. The zero-order valence-electron chi connectivity index (χ0n) is 22.3. The van der Waals surface area contributed by atoms with Gasteiger partial charge in [-0.2, -0.15) is 0 Å². The Morgan fingerprint density at radius 1 is 0.765 bits per heavy atom.